The summed E-state index contributed by atoms with van der Waals surface area (Å²) in [4.78, 5) is 10.3. The smallest absolute Gasteiger partial charge is 0.225 e. The fraction of sp³-hybridized carbons (Fsp3) is 0.733. The van der Waals surface area contributed by atoms with E-state index < -0.39 is 5.82 Å². The van der Waals surface area contributed by atoms with Crippen LogP contribution < -0.4 is 4.90 Å². The van der Waals surface area contributed by atoms with E-state index in [9.17, 15) is 4.39 Å². The van der Waals surface area contributed by atoms with Crippen LogP contribution >= 0.6 is 0 Å². The minimum Gasteiger partial charge on any atom is -0.381 e. The van der Waals surface area contributed by atoms with Gasteiger partial charge in [0.25, 0.3) is 0 Å². The third-order valence-electron chi connectivity index (χ3n) is 4.52. The van der Waals surface area contributed by atoms with Crippen molar-refractivity contribution in [2.24, 2.45) is 5.92 Å². The lowest BCUT2D eigenvalue weighted by Gasteiger charge is -2.44. The first-order chi connectivity index (χ1) is 10.2. The molecule has 0 unspecified atom stereocenters. The Morgan fingerprint density at radius 3 is 3.05 bits per heavy atom. The molecule has 0 aromatic carbocycles. The molecule has 0 amide bonds. The van der Waals surface area contributed by atoms with Crippen LogP contribution in [0, 0.1) is 11.7 Å². The van der Waals surface area contributed by atoms with Crippen molar-refractivity contribution in [3.8, 4) is 0 Å². The molecule has 1 aromatic rings. The molecule has 2 heterocycles. The molecule has 1 saturated heterocycles. The van der Waals surface area contributed by atoms with Crippen molar-refractivity contribution >= 4 is 5.95 Å². The summed E-state index contributed by atoms with van der Waals surface area (Å²) < 4.78 is 24.7. The zero-order chi connectivity index (χ0) is 14.7. The highest BCUT2D eigenvalue weighted by molar-refractivity contribution is 5.31. The molecule has 116 valence electrons. The summed E-state index contributed by atoms with van der Waals surface area (Å²) in [6, 6.07) is 0. The molecule has 2 aliphatic rings. The van der Waals surface area contributed by atoms with E-state index >= 15 is 0 Å². The number of anilines is 1. The van der Waals surface area contributed by atoms with Gasteiger partial charge in [0, 0.05) is 19.1 Å². The maximum absolute atomic E-state index is 13.0. The van der Waals surface area contributed by atoms with Crippen LogP contribution in [0.4, 0.5) is 10.3 Å². The number of halogens is 1. The summed E-state index contributed by atoms with van der Waals surface area (Å²) in [5.74, 6) is 0.596. The molecule has 5 nitrogen and oxygen atoms in total. The second-order valence-electron chi connectivity index (χ2n) is 5.78. The zero-order valence-electron chi connectivity index (χ0n) is 12.4. The van der Waals surface area contributed by atoms with Crippen LogP contribution in [0.1, 0.15) is 26.2 Å². The maximum Gasteiger partial charge on any atom is 0.225 e. The average Bonchev–Trinajstić information content (AvgIpc) is 2.88. The van der Waals surface area contributed by atoms with Gasteiger partial charge in [-0.05, 0) is 19.8 Å². The quantitative estimate of drug-likeness (QED) is 0.850. The highest BCUT2D eigenvalue weighted by Crippen LogP contribution is 2.41. The Labute approximate surface area is 124 Å². The van der Waals surface area contributed by atoms with E-state index in [4.69, 9.17) is 9.47 Å². The molecule has 1 saturated carbocycles. The van der Waals surface area contributed by atoms with Crippen LogP contribution in [-0.2, 0) is 9.47 Å². The van der Waals surface area contributed by atoms with Gasteiger partial charge in [0.2, 0.25) is 5.95 Å². The van der Waals surface area contributed by atoms with Crippen LogP contribution in [0.25, 0.3) is 0 Å². The van der Waals surface area contributed by atoms with Gasteiger partial charge in [-0.25, -0.2) is 14.4 Å². The first kappa shape index (κ1) is 14.7. The van der Waals surface area contributed by atoms with Crippen LogP contribution in [-0.4, -0.2) is 48.5 Å². The van der Waals surface area contributed by atoms with Gasteiger partial charge in [-0.3, -0.25) is 0 Å². The van der Waals surface area contributed by atoms with Gasteiger partial charge in [0.05, 0.1) is 37.8 Å². The van der Waals surface area contributed by atoms with Crippen LogP contribution in [0.3, 0.4) is 0 Å². The highest BCUT2D eigenvalue weighted by atomic mass is 19.1. The number of rotatable bonds is 4. The molecule has 1 aliphatic heterocycles. The summed E-state index contributed by atoms with van der Waals surface area (Å²) in [7, 11) is 0. The predicted octanol–water partition coefficient (Wildman–Crippen LogP) is 2.03. The van der Waals surface area contributed by atoms with Gasteiger partial charge in [-0.15, -0.1) is 0 Å². The molecule has 2 atom stereocenters. The van der Waals surface area contributed by atoms with E-state index in [1.807, 2.05) is 6.92 Å². The van der Waals surface area contributed by atoms with Gasteiger partial charge in [-0.1, -0.05) is 6.42 Å². The van der Waals surface area contributed by atoms with Crippen LogP contribution in [0.2, 0.25) is 0 Å². The number of ether oxygens (including phenoxy) is 2. The van der Waals surface area contributed by atoms with Crippen LogP contribution in [0.15, 0.2) is 12.4 Å². The zero-order valence-corrected chi connectivity index (χ0v) is 12.4. The Kier molecular flexibility index (Phi) is 4.35. The van der Waals surface area contributed by atoms with Crippen molar-refractivity contribution in [3.05, 3.63) is 18.2 Å². The number of hydrogen-bond donors (Lipinski definition) is 0. The minimum absolute atomic E-state index is 0.162. The molecule has 0 radical (unpaired) electrons. The van der Waals surface area contributed by atoms with E-state index in [1.54, 1.807) is 0 Å². The Bertz CT molecular complexity index is 470. The van der Waals surface area contributed by atoms with E-state index in [0.717, 1.165) is 45.6 Å². The molecule has 3 rings (SSSR count). The number of hydrogen-bond acceptors (Lipinski definition) is 5. The normalized spacial score (nSPS) is 29.2. The third-order valence-corrected chi connectivity index (χ3v) is 4.52. The van der Waals surface area contributed by atoms with Gasteiger partial charge < -0.3 is 14.4 Å². The Hall–Kier alpha value is -1.27. The molecule has 1 aromatic heterocycles. The van der Waals surface area contributed by atoms with Gasteiger partial charge >= 0.3 is 0 Å². The largest absolute Gasteiger partial charge is 0.381 e. The molecule has 0 N–H and O–H groups in total. The van der Waals surface area contributed by atoms with Gasteiger partial charge in [0.15, 0.2) is 5.82 Å². The summed E-state index contributed by atoms with van der Waals surface area (Å²) in [6.45, 7) is 5.66. The summed E-state index contributed by atoms with van der Waals surface area (Å²) in [5, 5.41) is 0. The summed E-state index contributed by atoms with van der Waals surface area (Å²) in [6.07, 6.45) is 5.78. The fourth-order valence-electron chi connectivity index (χ4n) is 3.45. The average molecular weight is 295 g/mol. The van der Waals surface area contributed by atoms with Crippen molar-refractivity contribution in [1.82, 2.24) is 9.97 Å². The molecule has 21 heavy (non-hydrogen) atoms. The summed E-state index contributed by atoms with van der Waals surface area (Å²) in [5.41, 5.74) is -0.162. The number of nitrogens with zero attached hydrogens (tertiary/aromatic N) is 3. The number of aromatic nitrogens is 2. The van der Waals surface area contributed by atoms with Gasteiger partial charge in [0.1, 0.15) is 0 Å². The predicted molar refractivity (Wildman–Crippen MR) is 76.7 cm³/mol. The van der Waals surface area contributed by atoms with E-state index in [1.165, 1.54) is 12.4 Å². The standard InChI is InChI=1S/C15H22FN3O2/c1-2-20-10-12-4-3-5-15(12)11-19(6-7-21-15)14-17-8-13(16)9-18-14/h8-9,12H,2-7,10-11H2,1H3/t12-,15+/m1/s1. The molecular formula is C15H22FN3O2. The van der Waals surface area contributed by atoms with Crippen molar-refractivity contribution in [2.45, 2.75) is 31.8 Å². The van der Waals surface area contributed by atoms with Crippen LogP contribution in [0.5, 0.6) is 0 Å². The molecule has 6 heteroatoms. The Balaban J connectivity index is 1.73. The maximum atomic E-state index is 13.0. The van der Waals surface area contributed by atoms with E-state index in [2.05, 4.69) is 14.9 Å². The Morgan fingerprint density at radius 1 is 1.48 bits per heavy atom. The van der Waals surface area contributed by atoms with E-state index in [0.29, 0.717) is 18.5 Å². The van der Waals surface area contributed by atoms with Crippen molar-refractivity contribution in [1.29, 1.82) is 0 Å². The second-order valence-corrected chi connectivity index (χ2v) is 5.78. The molecule has 0 bridgehead atoms. The lowest BCUT2D eigenvalue weighted by atomic mass is 9.89. The van der Waals surface area contributed by atoms with E-state index in [-0.39, 0.29) is 5.60 Å². The molecular weight excluding hydrogens is 273 g/mol. The first-order valence-corrected chi connectivity index (χ1v) is 7.68. The lowest BCUT2D eigenvalue weighted by Crippen LogP contribution is -2.55. The van der Waals surface area contributed by atoms with Crippen molar-refractivity contribution in [2.75, 3.05) is 37.8 Å². The monoisotopic (exact) mass is 295 g/mol. The van der Waals surface area contributed by atoms with Crippen molar-refractivity contribution < 1.29 is 13.9 Å². The fourth-order valence-corrected chi connectivity index (χ4v) is 3.45. The molecule has 1 spiro atoms. The number of morpholine rings is 1. The SMILES string of the molecule is CCOC[C@H]1CCC[C@]12CN(c1ncc(F)cn1)CCO2. The van der Waals surface area contributed by atoms with Gasteiger partial charge in [-0.2, -0.15) is 0 Å². The minimum atomic E-state index is -0.406. The third kappa shape index (κ3) is 3.01. The Morgan fingerprint density at radius 2 is 2.29 bits per heavy atom. The first-order valence-electron chi connectivity index (χ1n) is 7.68. The highest BCUT2D eigenvalue weighted by Gasteiger charge is 2.47. The molecule has 2 fully saturated rings. The molecule has 1 aliphatic carbocycles. The topological polar surface area (TPSA) is 47.5 Å². The second kappa shape index (κ2) is 6.23. The summed E-state index contributed by atoms with van der Waals surface area (Å²) >= 11 is 0. The lowest BCUT2D eigenvalue weighted by molar-refractivity contribution is -0.0983. The van der Waals surface area contributed by atoms with Crippen molar-refractivity contribution in [3.63, 3.8) is 0 Å².